The van der Waals surface area contributed by atoms with E-state index in [0.29, 0.717) is 24.3 Å². The van der Waals surface area contributed by atoms with Gasteiger partial charge in [-0.15, -0.1) is 0 Å². The first-order chi connectivity index (χ1) is 9.22. The van der Waals surface area contributed by atoms with Crippen LogP contribution in [0.5, 0.6) is 0 Å². The Morgan fingerprint density at radius 1 is 1.32 bits per heavy atom. The van der Waals surface area contributed by atoms with Crippen LogP contribution in [0.4, 0.5) is 4.39 Å². The molecule has 1 aliphatic rings. The monoisotopic (exact) mass is 276 g/mol. The van der Waals surface area contributed by atoms with Gasteiger partial charge in [-0.05, 0) is 17.7 Å². The van der Waals surface area contributed by atoms with E-state index < -0.39 is 0 Å². The van der Waals surface area contributed by atoms with Gasteiger partial charge in [0, 0.05) is 24.1 Å². The van der Waals surface area contributed by atoms with Crippen LogP contribution < -0.4 is 0 Å². The molecule has 0 radical (unpaired) electrons. The Bertz CT molecular complexity index is 651. The first-order valence-electron chi connectivity index (χ1n) is 6.15. The molecule has 1 aliphatic heterocycles. The Morgan fingerprint density at radius 2 is 2.11 bits per heavy atom. The van der Waals surface area contributed by atoms with Crippen molar-refractivity contribution in [3.05, 3.63) is 57.4 Å². The molecular formula is C14H13FN2OS. The van der Waals surface area contributed by atoms with E-state index in [9.17, 15) is 4.39 Å². The van der Waals surface area contributed by atoms with Crippen LogP contribution in [0.1, 0.15) is 22.6 Å². The van der Waals surface area contributed by atoms with Crippen LogP contribution in [-0.2, 0) is 24.2 Å². The largest absolute Gasteiger partial charge is 0.376 e. The van der Waals surface area contributed by atoms with E-state index in [2.05, 4.69) is 9.97 Å². The van der Waals surface area contributed by atoms with Crippen molar-refractivity contribution in [2.24, 2.45) is 0 Å². The van der Waals surface area contributed by atoms with Gasteiger partial charge in [0.1, 0.15) is 16.3 Å². The SMILES string of the molecule is Fc1ccc(Cc2nc(=S)c3c([nH]2)CCOC3)cc1. The molecule has 0 unspecified atom stereocenters. The second-order valence-electron chi connectivity index (χ2n) is 4.55. The lowest BCUT2D eigenvalue weighted by molar-refractivity contribution is 0.108. The molecule has 98 valence electrons. The molecule has 2 heterocycles. The number of aromatic nitrogens is 2. The van der Waals surface area contributed by atoms with Crippen LogP contribution in [0.2, 0.25) is 0 Å². The van der Waals surface area contributed by atoms with Crippen molar-refractivity contribution in [2.45, 2.75) is 19.4 Å². The third kappa shape index (κ3) is 2.72. The average molecular weight is 276 g/mol. The van der Waals surface area contributed by atoms with Crippen molar-refractivity contribution in [1.82, 2.24) is 9.97 Å². The van der Waals surface area contributed by atoms with Gasteiger partial charge in [-0.1, -0.05) is 24.4 Å². The predicted octanol–water partition coefficient (Wildman–Crippen LogP) is 2.94. The molecule has 3 nitrogen and oxygen atoms in total. The summed E-state index contributed by atoms with van der Waals surface area (Å²) in [6, 6.07) is 6.43. The number of nitrogens with zero attached hydrogens (tertiary/aromatic N) is 1. The fourth-order valence-corrected chi connectivity index (χ4v) is 2.48. The molecule has 0 amide bonds. The standard InChI is InChI=1S/C14H13FN2OS/c15-10-3-1-9(2-4-10)7-13-16-12-5-6-18-8-11(12)14(19)17-13/h1-4H,5-8H2,(H,16,17,19). The highest BCUT2D eigenvalue weighted by Gasteiger charge is 2.13. The minimum absolute atomic E-state index is 0.229. The van der Waals surface area contributed by atoms with Crippen molar-refractivity contribution in [3.8, 4) is 0 Å². The third-order valence-corrected chi connectivity index (χ3v) is 3.52. The van der Waals surface area contributed by atoms with Gasteiger partial charge < -0.3 is 9.72 Å². The van der Waals surface area contributed by atoms with Gasteiger partial charge in [-0.2, -0.15) is 0 Å². The van der Waals surface area contributed by atoms with E-state index in [4.69, 9.17) is 17.0 Å². The van der Waals surface area contributed by atoms with Gasteiger partial charge in [0.15, 0.2) is 0 Å². The number of hydrogen-bond donors (Lipinski definition) is 1. The van der Waals surface area contributed by atoms with Crippen LogP contribution in [0.3, 0.4) is 0 Å². The fraction of sp³-hybridized carbons (Fsp3) is 0.286. The Labute approximate surface area is 115 Å². The minimum atomic E-state index is -0.229. The highest BCUT2D eigenvalue weighted by molar-refractivity contribution is 7.71. The number of H-pyrrole nitrogens is 1. The maximum atomic E-state index is 12.9. The Kier molecular flexibility index (Phi) is 3.40. The number of fused-ring (bicyclic) bond motifs is 1. The van der Waals surface area contributed by atoms with Crippen molar-refractivity contribution >= 4 is 12.2 Å². The van der Waals surface area contributed by atoms with Crippen LogP contribution >= 0.6 is 12.2 Å². The van der Waals surface area contributed by atoms with E-state index >= 15 is 0 Å². The van der Waals surface area contributed by atoms with Crippen molar-refractivity contribution in [2.75, 3.05) is 6.61 Å². The highest BCUT2D eigenvalue weighted by atomic mass is 32.1. The first-order valence-corrected chi connectivity index (χ1v) is 6.56. The summed E-state index contributed by atoms with van der Waals surface area (Å²) in [5.74, 6) is 0.587. The lowest BCUT2D eigenvalue weighted by Crippen LogP contribution is -2.15. The molecule has 2 aromatic rings. The van der Waals surface area contributed by atoms with Gasteiger partial charge in [-0.3, -0.25) is 0 Å². The quantitative estimate of drug-likeness (QED) is 0.857. The van der Waals surface area contributed by atoms with Crippen LogP contribution in [0, 0.1) is 10.5 Å². The topological polar surface area (TPSA) is 37.9 Å². The smallest absolute Gasteiger partial charge is 0.135 e. The molecule has 1 aromatic heterocycles. The molecule has 1 N–H and O–H groups in total. The fourth-order valence-electron chi connectivity index (χ4n) is 2.19. The third-order valence-electron chi connectivity index (χ3n) is 3.18. The average Bonchev–Trinajstić information content (AvgIpc) is 2.42. The summed E-state index contributed by atoms with van der Waals surface area (Å²) in [7, 11) is 0. The summed E-state index contributed by atoms with van der Waals surface area (Å²) < 4.78 is 18.8. The lowest BCUT2D eigenvalue weighted by Gasteiger charge is -2.17. The van der Waals surface area contributed by atoms with Gasteiger partial charge >= 0.3 is 0 Å². The number of halogens is 1. The lowest BCUT2D eigenvalue weighted by atomic mass is 10.1. The molecule has 0 fully saturated rings. The highest BCUT2D eigenvalue weighted by Crippen LogP contribution is 2.16. The molecule has 5 heteroatoms. The molecule has 1 aromatic carbocycles. The molecule has 0 atom stereocenters. The van der Waals surface area contributed by atoms with Crippen LogP contribution in [0.15, 0.2) is 24.3 Å². The molecule has 0 saturated carbocycles. The van der Waals surface area contributed by atoms with E-state index in [-0.39, 0.29) is 5.82 Å². The summed E-state index contributed by atoms with van der Waals surface area (Å²) in [5.41, 5.74) is 3.11. The maximum Gasteiger partial charge on any atom is 0.135 e. The second-order valence-corrected chi connectivity index (χ2v) is 4.94. The zero-order valence-corrected chi connectivity index (χ0v) is 11.1. The summed E-state index contributed by atoms with van der Waals surface area (Å²) in [6.07, 6.45) is 1.45. The zero-order valence-electron chi connectivity index (χ0n) is 10.3. The Morgan fingerprint density at radius 3 is 2.89 bits per heavy atom. The molecule has 0 aliphatic carbocycles. The Balaban J connectivity index is 1.91. The van der Waals surface area contributed by atoms with Gasteiger partial charge in [0.05, 0.1) is 13.2 Å². The van der Waals surface area contributed by atoms with Gasteiger partial charge in [0.25, 0.3) is 0 Å². The van der Waals surface area contributed by atoms with Crippen LogP contribution in [0.25, 0.3) is 0 Å². The van der Waals surface area contributed by atoms with Crippen LogP contribution in [-0.4, -0.2) is 16.6 Å². The molecular weight excluding hydrogens is 263 g/mol. The number of aromatic amines is 1. The summed E-state index contributed by atoms with van der Waals surface area (Å²) in [6.45, 7) is 1.24. The maximum absolute atomic E-state index is 12.9. The van der Waals surface area contributed by atoms with Crippen molar-refractivity contribution < 1.29 is 9.13 Å². The molecule has 3 rings (SSSR count). The van der Waals surface area contributed by atoms with E-state index in [1.807, 2.05) is 0 Å². The summed E-state index contributed by atoms with van der Waals surface area (Å²) in [4.78, 5) is 7.71. The zero-order chi connectivity index (χ0) is 13.2. The molecule has 0 spiro atoms. The number of hydrogen-bond acceptors (Lipinski definition) is 3. The van der Waals surface area contributed by atoms with Gasteiger partial charge in [-0.25, -0.2) is 9.37 Å². The van der Waals surface area contributed by atoms with Gasteiger partial charge in [0.2, 0.25) is 0 Å². The number of nitrogens with one attached hydrogen (secondary N) is 1. The predicted molar refractivity (Wildman–Crippen MR) is 72.0 cm³/mol. The second kappa shape index (κ2) is 5.19. The van der Waals surface area contributed by atoms with E-state index in [0.717, 1.165) is 29.1 Å². The molecule has 0 saturated heterocycles. The van der Waals surface area contributed by atoms with E-state index in [1.54, 1.807) is 12.1 Å². The van der Waals surface area contributed by atoms with E-state index in [1.165, 1.54) is 12.1 Å². The number of rotatable bonds is 2. The minimum Gasteiger partial charge on any atom is -0.376 e. The first kappa shape index (κ1) is 12.4. The van der Waals surface area contributed by atoms with Crippen molar-refractivity contribution in [3.63, 3.8) is 0 Å². The summed E-state index contributed by atoms with van der Waals surface area (Å²) >= 11 is 5.29. The molecule has 19 heavy (non-hydrogen) atoms. The summed E-state index contributed by atoms with van der Waals surface area (Å²) in [5, 5.41) is 0. The Hall–Kier alpha value is -1.59. The molecule has 0 bridgehead atoms. The normalized spacial score (nSPS) is 14.2. The number of benzene rings is 1. The van der Waals surface area contributed by atoms with Crippen molar-refractivity contribution in [1.29, 1.82) is 0 Å². The number of ether oxygens (including phenoxy) is 1.